The van der Waals surface area contributed by atoms with E-state index in [1.807, 2.05) is 50.6 Å². The van der Waals surface area contributed by atoms with E-state index in [1.54, 1.807) is 4.90 Å². The number of H-pyrrole nitrogens is 1. The first kappa shape index (κ1) is 13.8. The molecule has 1 N–H and O–H groups in total. The van der Waals surface area contributed by atoms with Crippen molar-refractivity contribution in [2.45, 2.75) is 26.8 Å². The molecular weight excluding hydrogens is 258 g/mol. The summed E-state index contributed by atoms with van der Waals surface area (Å²) in [6.07, 6.45) is 0. The Balaban J connectivity index is 2.57. The number of para-hydroxylation sites is 1. The summed E-state index contributed by atoms with van der Waals surface area (Å²) < 4.78 is 2.49. The molecule has 0 aliphatic rings. The van der Waals surface area contributed by atoms with E-state index in [0.29, 0.717) is 11.3 Å². The molecule has 4 nitrogen and oxygen atoms in total. The van der Waals surface area contributed by atoms with E-state index in [1.165, 1.54) is 0 Å². The van der Waals surface area contributed by atoms with E-state index in [9.17, 15) is 4.79 Å². The van der Waals surface area contributed by atoms with Gasteiger partial charge >= 0.3 is 0 Å². The Labute approximate surface area is 118 Å². The molecule has 0 radical (unpaired) electrons. The molecule has 1 aromatic carbocycles. The molecular formula is C14H19N3OS. The number of carbonyl (C=O) groups excluding carboxylic acids is 1. The second-order valence-corrected chi connectivity index (χ2v) is 5.18. The minimum Gasteiger partial charge on any atom is -0.344 e. The SMILES string of the molecule is CCN(C)C(=O)C(C)n1c(=S)[nH]c2c(C)cccc21. The number of hydrogen-bond acceptors (Lipinski definition) is 2. The van der Waals surface area contributed by atoms with Crippen LogP contribution in [-0.4, -0.2) is 34.0 Å². The average molecular weight is 277 g/mol. The molecule has 2 rings (SSSR count). The summed E-state index contributed by atoms with van der Waals surface area (Å²) in [5.41, 5.74) is 3.12. The predicted octanol–water partition coefficient (Wildman–Crippen LogP) is 3.05. The van der Waals surface area contributed by atoms with E-state index in [4.69, 9.17) is 12.2 Å². The molecule has 0 bridgehead atoms. The van der Waals surface area contributed by atoms with Crippen LogP contribution in [0.25, 0.3) is 11.0 Å². The topological polar surface area (TPSA) is 41.0 Å². The molecule has 1 aromatic heterocycles. The number of amides is 1. The van der Waals surface area contributed by atoms with E-state index in [-0.39, 0.29) is 11.9 Å². The van der Waals surface area contributed by atoms with Gasteiger partial charge in [0.1, 0.15) is 6.04 Å². The highest BCUT2D eigenvalue weighted by Crippen LogP contribution is 2.22. The first-order chi connectivity index (χ1) is 8.97. The number of aromatic nitrogens is 2. The van der Waals surface area contributed by atoms with Gasteiger partial charge in [-0.15, -0.1) is 0 Å². The van der Waals surface area contributed by atoms with Gasteiger partial charge in [-0.2, -0.15) is 0 Å². The van der Waals surface area contributed by atoms with Gasteiger partial charge in [-0.1, -0.05) is 12.1 Å². The summed E-state index contributed by atoms with van der Waals surface area (Å²) in [4.78, 5) is 17.2. The monoisotopic (exact) mass is 277 g/mol. The maximum Gasteiger partial charge on any atom is 0.245 e. The van der Waals surface area contributed by atoms with Crippen LogP contribution in [0.1, 0.15) is 25.5 Å². The Morgan fingerprint density at radius 2 is 2.21 bits per heavy atom. The van der Waals surface area contributed by atoms with Crippen molar-refractivity contribution in [3.05, 3.63) is 28.5 Å². The van der Waals surface area contributed by atoms with Crippen LogP contribution in [0.4, 0.5) is 0 Å². The maximum atomic E-state index is 12.3. The largest absolute Gasteiger partial charge is 0.344 e. The Morgan fingerprint density at radius 1 is 1.53 bits per heavy atom. The third kappa shape index (κ3) is 2.30. The molecule has 0 aliphatic carbocycles. The fraction of sp³-hybridized carbons (Fsp3) is 0.429. The van der Waals surface area contributed by atoms with Crippen molar-refractivity contribution in [2.24, 2.45) is 0 Å². The number of nitrogens with zero attached hydrogens (tertiary/aromatic N) is 2. The van der Waals surface area contributed by atoms with E-state index in [0.717, 1.165) is 16.6 Å². The average Bonchev–Trinajstić information content (AvgIpc) is 2.74. The molecule has 1 atom stereocenters. The number of benzene rings is 1. The van der Waals surface area contributed by atoms with Crippen LogP contribution < -0.4 is 0 Å². The first-order valence-electron chi connectivity index (χ1n) is 6.42. The fourth-order valence-corrected chi connectivity index (χ4v) is 2.62. The van der Waals surface area contributed by atoms with Gasteiger partial charge in [-0.3, -0.25) is 4.79 Å². The Kier molecular flexibility index (Phi) is 3.75. The summed E-state index contributed by atoms with van der Waals surface area (Å²) >= 11 is 5.37. The predicted molar refractivity (Wildman–Crippen MR) is 79.9 cm³/mol. The zero-order chi connectivity index (χ0) is 14.2. The van der Waals surface area contributed by atoms with Crippen LogP contribution in [0.15, 0.2) is 18.2 Å². The van der Waals surface area contributed by atoms with Gasteiger partial charge in [-0.05, 0) is 44.6 Å². The Hall–Kier alpha value is -1.62. The van der Waals surface area contributed by atoms with Crippen molar-refractivity contribution in [1.29, 1.82) is 0 Å². The van der Waals surface area contributed by atoms with Gasteiger partial charge in [0.05, 0.1) is 11.0 Å². The van der Waals surface area contributed by atoms with Gasteiger partial charge in [0.25, 0.3) is 0 Å². The molecule has 0 saturated carbocycles. The number of hydrogen-bond donors (Lipinski definition) is 1. The van der Waals surface area contributed by atoms with Gasteiger partial charge in [0.2, 0.25) is 5.91 Å². The van der Waals surface area contributed by atoms with Gasteiger partial charge in [0.15, 0.2) is 4.77 Å². The number of likely N-dealkylation sites (N-methyl/N-ethyl adjacent to an activating group) is 1. The first-order valence-corrected chi connectivity index (χ1v) is 6.83. The lowest BCUT2D eigenvalue weighted by molar-refractivity contribution is -0.132. The zero-order valence-electron chi connectivity index (χ0n) is 11.7. The van der Waals surface area contributed by atoms with Crippen molar-refractivity contribution in [3.63, 3.8) is 0 Å². The van der Waals surface area contributed by atoms with Crippen LogP contribution in [0.3, 0.4) is 0 Å². The third-order valence-electron chi connectivity index (χ3n) is 3.56. The maximum absolute atomic E-state index is 12.3. The summed E-state index contributed by atoms with van der Waals surface area (Å²) in [5, 5.41) is 0. The van der Waals surface area contributed by atoms with Crippen molar-refractivity contribution < 1.29 is 4.79 Å². The molecule has 102 valence electrons. The molecule has 0 aliphatic heterocycles. The minimum absolute atomic E-state index is 0.0704. The number of rotatable bonds is 3. The molecule has 0 spiro atoms. The van der Waals surface area contributed by atoms with E-state index >= 15 is 0 Å². The molecule has 1 amide bonds. The van der Waals surface area contributed by atoms with Crippen LogP contribution in [0.5, 0.6) is 0 Å². The molecule has 2 aromatic rings. The lowest BCUT2D eigenvalue weighted by atomic mass is 10.2. The normalized spacial score (nSPS) is 12.6. The highest BCUT2D eigenvalue weighted by atomic mass is 32.1. The second-order valence-electron chi connectivity index (χ2n) is 4.80. The van der Waals surface area contributed by atoms with Crippen LogP contribution in [0.2, 0.25) is 0 Å². The third-order valence-corrected chi connectivity index (χ3v) is 3.86. The van der Waals surface area contributed by atoms with Crippen LogP contribution >= 0.6 is 12.2 Å². The standard InChI is InChI=1S/C14H19N3OS/c1-5-16(4)13(18)10(3)17-11-8-6-7-9(2)12(11)15-14(17)19/h6-8,10H,5H2,1-4H3,(H,15,19). The highest BCUT2D eigenvalue weighted by molar-refractivity contribution is 7.71. The molecule has 0 fully saturated rings. The highest BCUT2D eigenvalue weighted by Gasteiger charge is 2.21. The quantitative estimate of drug-likeness (QED) is 0.876. The number of aromatic amines is 1. The van der Waals surface area contributed by atoms with Gasteiger partial charge in [0, 0.05) is 13.6 Å². The summed E-state index contributed by atoms with van der Waals surface area (Å²) in [5.74, 6) is 0.0704. The lowest BCUT2D eigenvalue weighted by Gasteiger charge is -2.21. The lowest BCUT2D eigenvalue weighted by Crippen LogP contribution is -2.32. The molecule has 0 saturated heterocycles. The van der Waals surface area contributed by atoms with Crippen molar-refractivity contribution >= 4 is 29.2 Å². The van der Waals surface area contributed by atoms with E-state index < -0.39 is 0 Å². The zero-order valence-corrected chi connectivity index (χ0v) is 12.5. The number of fused-ring (bicyclic) bond motifs is 1. The smallest absolute Gasteiger partial charge is 0.245 e. The minimum atomic E-state index is -0.298. The van der Waals surface area contributed by atoms with E-state index in [2.05, 4.69) is 4.98 Å². The molecule has 5 heteroatoms. The summed E-state index contributed by atoms with van der Waals surface area (Å²) in [6.45, 7) is 6.57. The molecule has 1 unspecified atom stereocenters. The van der Waals surface area contributed by atoms with Crippen molar-refractivity contribution in [3.8, 4) is 0 Å². The van der Waals surface area contributed by atoms with Crippen molar-refractivity contribution in [2.75, 3.05) is 13.6 Å². The summed E-state index contributed by atoms with van der Waals surface area (Å²) in [7, 11) is 1.81. The number of nitrogens with one attached hydrogen (secondary N) is 1. The second kappa shape index (κ2) is 5.17. The Bertz CT molecular complexity index is 671. The van der Waals surface area contributed by atoms with Crippen molar-refractivity contribution in [1.82, 2.24) is 14.5 Å². The Morgan fingerprint density at radius 3 is 2.84 bits per heavy atom. The molecule has 1 heterocycles. The van der Waals surface area contributed by atoms with Gasteiger partial charge < -0.3 is 14.5 Å². The van der Waals surface area contributed by atoms with Crippen LogP contribution in [-0.2, 0) is 4.79 Å². The fourth-order valence-electron chi connectivity index (χ4n) is 2.26. The number of carbonyl (C=O) groups is 1. The summed E-state index contributed by atoms with van der Waals surface area (Å²) in [6, 6.07) is 5.71. The van der Waals surface area contributed by atoms with Gasteiger partial charge in [-0.25, -0.2) is 0 Å². The number of imidazole rings is 1. The number of aryl methyl sites for hydroxylation is 1. The molecule has 19 heavy (non-hydrogen) atoms. The van der Waals surface area contributed by atoms with Crippen LogP contribution in [0, 0.1) is 11.7 Å².